The Morgan fingerprint density at radius 2 is 1.74 bits per heavy atom. The van der Waals surface area contributed by atoms with Gasteiger partial charge in [-0.1, -0.05) is 49.7 Å². The van der Waals surface area contributed by atoms with E-state index in [9.17, 15) is 22.8 Å². The van der Waals surface area contributed by atoms with Crippen LogP contribution in [0.3, 0.4) is 0 Å². The Bertz CT molecular complexity index is 1240. The fourth-order valence-electron chi connectivity index (χ4n) is 4.06. The normalized spacial score (nSPS) is 12.4. The topological polar surface area (TPSA) is 61.4 Å². The third-order valence-corrected chi connectivity index (χ3v) is 7.25. The van der Waals surface area contributed by atoms with Crippen LogP contribution in [0, 0.1) is 6.92 Å². The molecular weight excluding hydrogens is 511 g/mol. The summed E-state index contributed by atoms with van der Waals surface area (Å²) in [5.74, 6) is -0.585. The highest BCUT2D eigenvalue weighted by molar-refractivity contribution is 7.14. The minimum Gasteiger partial charge on any atom is -0.353 e. The SMILES string of the molecule is CCCc1cc(C(=O)N[C@@H](Cc2ccc(-c3cccc(C(F)(F)F)c3)cc2)C(=O)NCCN(C)C)sc1C. The molecule has 2 N–H and O–H groups in total. The van der Waals surface area contributed by atoms with Gasteiger partial charge in [0.15, 0.2) is 0 Å². The molecule has 9 heteroatoms. The van der Waals surface area contributed by atoms with Crippen molar-refractivity contribution in [2.45, 2.75) is 45.3 Å². The van der Waals surface area contributed by atoms with E-state index in [1.807, 2.05) is 32.0 Å². The molecule has 0 spiro atoms. The smallest absolute Gasteiger partial charge is 0.353 e. The summed E-state index contributed by atoms with van der Waals surface area (Å²) in [5, 5.41) is 5.78. The van der Waals surface area contributed by atoms with Gasteiger partial charge >= 0.3 is 6.18 Å². The molecule has 1 heterocycles. The van der Waals surface area contributed by atoms with E-state index >= 15 is 0 Å². The summed E-state index contributed by atoms with van der Waals surface area (Å²) in [6.07, 6.45) is -2.30. The molecule has 5 nitrogen and oxygen atoms in total. The van der Waals surface area contributed by atoms with E-state index in [-0.39, 0.29) is 18.2 Å². The molecule has 1 atom stereocenters. The molecule has 0 radical (unpaired) electrons. The van der Waals surface area contributed by atoms with Crippen molar-refractivity contribution in [1.82, 2.24) is 15.5 Å². The summed E-state index contributed by atoms with van der Waals surface area (Å²) in [6, 6.07) is 13.3. The van der Waals surface area contributed by atoms with Crippen LogP contribution in [0.15, 0.2) is 54.6 Å². The van der Waals surface area contributed by atoms with Gasteiger partial charge in [-0.05, 0) is 67.9 Å². The fraction of sp³-hybridized carbons (Fsp3) is 0.379. The standard InChI is InChI=1S/C29H34F3N3O2S/c1-5-7-22-18-26(38-19(22)2)28(37)34-25(27(36)33-14-15-35(3)4)16-20-10-12-21(13-11-20)23-8-6-9-24(17-23)29(30,31)32/h6,8-13,17-18,25H,5,7,14-16H2,1-4H3,(H,33,36)(H,34,37)/t25-/m0/s1. The summed E-state index contributed by atoms with van der Waals surface area (Å²) in [7, 11) is 3.81. The van der Waals surface area contributed by atoms with Gasteiger partial charge in [0.1, 0.15) is 6.04 Å². The van der Waals surface area contributed by atoms with Gasteiger partial charge in [-0.3, -0.25) is 9.59 Å². The van der Waals surface area contributed by atoms with E-state index in [0.717, 1.165) is 41.0 Å². The Kier molecular flexibility index (Phi) is 10.1. The molecule has 2 aromatic carbocycles. The number of likely N-dealkylation sites (N-methyl/N-ethyl adjacent to an activating group) is 1. The summed E-state index contributed by atoms with van der Waals surface area (Å²) < 4.78 is 39.3. The van der Waals surface area contributed by atoms with Gasteiger partial charge in [-0.15, -0.1) is 11.3 Å². The van der Waals surface area contributed by atoms with Crippen molar-refractivity contribution in [3.05, 3.63) is 81.0 Å². The second-order valence-corrected chi connectivity index (χ2v) is 10.8. The van der Waals surface area contributed by atoms with E-state index in [1.165, 1.54) is 17.4 Å². The number of nitrogens with zero attached hydrogens (tertiary/aromatic N) is 1. The Morgan fingerprint density at radius 1 is 1.03 bits per heavy atom. The van der Waals surface area contributed by atoms with E-state index in [0.29, 0.717) is 29.1 Å². The number of aryl methyl sites for hydroxylation is 2. The van der Waals surface area contributed by atoms with Crippen LogP contribution in [0.2, 0.25) is 0 Å². The highest BCUT2D eigenvalue weighted by Gasteiger charge is 2.30. The number of benzene rings is 2. The Morgan fingerprint density at radius 3 is 2.37 bits per heavy atom. The molecule has 3 aromatic rings. The fourth-order valence-corrected chi connectivity index (χ4v) is 5.03. The van der Waals surface area contributed by atoms with Crippen molar-refractivity contribution in [2.24, 2.45) is 0 Å². The maximum Gasteiger partial charge on any atom is 0.416 e. The molecule has 38 heavy (non-hydrogen) atoms. The van der Waals surface area contributed by atoms with Crippen LogP contribution in [0.25, 0.3) is 11.1 Å². The zero-order valence-corrected chi connectivity index (χ0v) is 22.9. The number of thiophene rings is 1. The largest absolute Gasteiger partial charge is 0.416 e. The first kappa shape index (κ1) is 29.4. The molecule has 0 fully saturated rings. The first-order valence-corrected chi connectivity index (χ1v) is 13.4. The van der Waals surface area contributed by atoms with Gasteiger partial charge in [0, 0.05) is 24.4 Å². The third kappa shape index (κ3) is 8.16. The van der Waals surface area contributed by atoms with E-state index in [4.69, 9.17) is 0 Å². The minimum atomic E-state index is -4.42. The third-order valence-electron chi connectivity index (χ3n) is 6.16. The zero-order valence-electron chi connectivity index (χ0n) is 22.1. The number of amides is 2. The predicted octanol–water partition coefficient (Wildman–Crippen LogP) is 5.71. The molecule has 1 aromatic heterocycles. The van der Waals surface area contributed by atoms with Crippen molar-refractivity contribution >= 4 is 23.2 Å². The molecule has 204 valence electrons. The van der Waals surface area contributed by atoms with Crippen LogP contribution in [-0.2, 0) is 23.8 Å². The van der Waals surface area contributed by atoms with Crippen LogP contribution in [0.1, 0.15) is 44.6 Å². The number of carbonyl (C=O) groups is 2. The number of alkyl halides is 3. The van der Waals surface area contributed by atoms with Crippen molar-refractivity contribution in [3.8, 4) is 11.1 Å². The number of rotatable bonds is 11. The lowest BCUT2D eigenvalue weighted by molar-refractivity contribution is -0.137. The maximum atomic E-state index is 13.1. The first-order valence-electron chi connectivity index (χ1n) is 12.6. The second kappa shape index (κ2) is 13.1. The predicted molar refractivity (Wildman–Crippen MR) is 146 cm³/mol. The maximum absolute atomic E-state index is 13.1. The number of halogens is 3. The van der Waals surface area contributed by atoms with Gasteiger partial charge < -0.3 is 15.5 Å². The summed E-state index contributed by atoms with van der Waals surface area (Å²) in [5.41, 5.74) is 2.30. The second-order valence-electron chi connectivity index (χ2n) is 9.54. The average molecular weight is 546 g/mol. The molecule has 0 saturated heterocycles. The van der Waals surface area contributed by atoms with Gasteiger partial charge in [0.2, 0.25) is 5.91 Å². The van der Waals surface area contributed by atoms with Crippen LogP contribution in [0.4, 0.5) is 13.2 Å². The minimum absolute atomic E-state index is 0.245. The van der Waals surface area contributed by atoms with E-state index in [2.05, 4.69) is 17.6 Å². The van der Waals surface area contributed by atoms with E-state index in [1.54, 1.807) is 30.3 Å². The molecule has 0 aliphatic carbocycles. The van der Waals surface area contributed by atoms with Crippen LogP contribution < -0.4 is 10.6 Å². The highest BCUT2D eigenvalue weighted by Crippen LogP contribution is 2.32. The van der Waals surface area contributed by atoms with E-state index < -0.39 is 17.8 Å². The van der Waals surface area contributed by atoms with Gasteiger partial charge in [0.25, 0.3) is 5.91 Å². The van der Waals surface area contributed by atoms with Crippen LogP contribution in [0.5, 0.6) is 0 Å². The highest BCUT2D eigenvalue weighted by atomic mass is 32.1. The van der Waals surface area contributed by atoms with Crippen LogP contribution in [-0.4, -0.2) is 49.9 Å². The Balaban J connectivity index is 1.78. The van der Waals surface area contributed by atoms with Gasteiger partial charge in [-0.25, -0.2) is 0 Å². The lowest BCUT2D eigenvalue weighted by Crippen LogP contribution is -2.49. The number of hydrogen-bond donors (Lipinski definition) is 2. The molecule has 0 unspecified atom stereocenters. The number of hydrogen-bond acceptors (Lipinski definition) is 4. The molecule has 0 aliphatic heterocycles. The Labute approximate surface area is 226 Å². The Hall–Kier alpha value is -3.17. The average Bonchev–Trinajstić information content (AvgIpc) is 3.24. The molecular formula is C29H34F3N3O2S. The van der Waals surface area contributed by atoms with Crippen LogP contribution >= 0.6 is 11.3 Å². The monoisotopic (exact) mass is 545 g/mol. The van der Waals surface area contributed by atoms with Crippen molar-refractivity contribution in [1.29, 1.82) is 0 Å². The van der Waals surface area contributed by atoms with Crippen molar-refractivity contribution in [2.75, 3.05) is 27.2 Å². The molecule has 2 amide bonds. The molecule has 0 bridgehead atoms. The molecule has 0 aliphatic rings. The van der Waals surface area contributed by atoms with Crippen molar-refractivity contribution in [3.63, 3.8) is 0 Å². The van der Waals surface area contributed by atoms with Gasteiger partial charge in [0.05, 0.1) is 10.4 Å². The lowest BCUT2D eigenvalue weighted by atomic mass is 9.99. The number of carbonyl (C=O) groups excluding carboxylic acids is 2. The summed E-state index contributed by atoms with van der Waals surface area (Å²) in [4.78, 5) is 29.7. The zero-order chi connectivity index (χ0) is 27.9. The number of nitrogens with one attached hydrogen (secondary N) is 2. The van der Waals surface area contributed by atoms with Crippen molar-refractivity contribution < 1.29 is 22.8 Å². The molecule has 0 saturated carbocycles. The summed E-state index contributed by atoms with van der Waals surface area (Å²) >= 11 is 1.42. The molecule has 3 rings (SSSR count). The first-order chi connectivity index (χ1) is 18.0. The van der Waals surface area contributed by atoms with Gasteiger partial charge in [-0.2, -0.15) is 13.2 Å². The summed E-state index contributed by atoms with van der Waals surface area (Å²) in [6.45, 7) is 5.17. The quantitative estimate of drug-likeness (QED) is 0.324. The lowest BCUT2D eigenvalue weighted by Gasteiger charge is -2.19.